The molecule has 0 aliphatic heterocycles. The summed E-state index contributed by atoms with van der Waals surface area (Å²) in [6.45, 7) is 0.0853. The summed E-state index contributed by atoms with van der Waals surface area (Å²) in [7, 11) is -1.66. The van der Waals surface area contributed by atoms with Crippen molar-refractivity contribution in [3.8, 4) is 0 Å². The van der Waals surface area contributed by atoms with E-state index in [1.807, 2.05) is 0 Å². The second kappa shape index (κ2) is 5.09. The Balaban J connectivity index is 2.95. The standard InChI is InChI=1S/C10H13NO4S/c1-11-7-15-10(12)8-4-3-5-9(6-8)16(2,13)14/h3-6,11H,7H2,1-2H3. The van der Waals surface area contributed by atoms with Crippen LogP contribution in [-0.4, -0.2) is 34.4 Å². The van der Waals surface area contributed by atoms with Gasteiger partial charge >= 0.3 is 5.97 Å². The number of carbonyl (C=O) groups is 1. The smallest absolute Gasteiger partial charge is 0.339 e. The van der Waals surface area contributed by atoms with E-state index >= 15 is 0 Å². The number of esters is 1. The third kappa shape index (κ3) is 3.32. The van der Waals surface area contributed by atoms with Gasteiger partial charge < -0.3 is 4.74 Å². The zero-order chi connectivity index (χ0) is 12.2. The van der Waals surface area contributed by atoms with E-state index in [0.29, 0.717) is 0 Å². The molecule has 0 amide bonds. The fourth-order valence-electron chi connectivity index (χ4n) is 1.07. The van der Waals surface area contributed by atoms with E-state index in [1.54, 1.807) is 7.05 Å². The van der Waals surface area contributed by atoms with Crippen LogP contribution in [-0.2, 0) is 14.6 Å². The van der Waals surface area contributed by atoms with Gasteiger partial charge in [-0.05, 0) is 25.2 Å². The van der Waals surface area contributed by atoms with Gasteiger partial charge in [-0.15, -0.1) is 0 Å². The molecule has 0 atom stereocenters. The maximum absolute atomic E-state index is 11.4. The quantitative estimate of drug-likeness (QED) is 0.613. The molecule has 6 heteroatoms. The van der Waals surface area contributed by atoms with Crippen molar-refractivity contribution in [2.45, 2.75) is 4.90 Å². The van der Waals surface area contributed by atoms with Crippen molar-refractivity contribution in [3.63, 3.8) is 0 Å². The van der Waals surface area contributed by atoms with E-state index in [9.17, 15) is 13.2 Å². The summed E-state index contributed by atoms with van der Waals surface area (Å²) < 4.78 is 27.3. The number of rotatable bonds is 4. The highest BCUT2D eigenvalue weighted by Crippen LogP contribution is 2.11. The highest BCUT2D eigenvalue weighted by atomic mass is 32.2. The maximum atomic E-state index is 11.4. The molecule has 0 fully saturated rings. The third-order valence-corrected chi connectivity index (χ3v) is 2.96. The number of hydrogen-bond donors (Lipinski definition) is 1. The molecule has 88 valence electrons. The summed E-state index contributed by atoms with van der Waals surface area (Å²) in [6, 6.07) is 5.75. The topological polar surface area (TPSA) is 72.5 Å². The SMILES string of the molecule is CNCOC(=O)c1cccc(S(C)(=O)=O)c1. The van der Waals surface area contributed by atoms with Crippen LogP contribution in [0.2, 0.25) is 0 Å². The Morgan fingerprint density at radius 2 is 2.12 bits per heavy atom. The molecular formula is C10H13NO4S. The average molecular weight is 243 g/mol. The first-order valence-electron chi connectivity index (χ1n) is 4.57. The van der Waals surface area contributed by atoms with Crippen LogP contribution in [0.3, 0.4) is 0 Å². The lowest BCUT2D eigenvalue weighted by molar-refractivity contribution is 0.0481. The Morgan fingerprint density at radius 3 is 2.69 bits per heavy atom. The van der Waals surface area contributed by atoms with Gasteiger partial charge in [0.15, 0.2) is 9.84 Å². The number of benzene rings is 1. The first kappa shape index (κ1) is 12.7. The van der Waals surface area contributed by atoms with Gasteiger partial charge in [-0.2, -0.15) is 0 Å². The average Bonchev–Trinajstić information content (AvgIpc) is 2.25. The first-order chi connectivity index (χ1) is 7.45. The Morgan fingerprint density at radius 1 is 1.44 bits per heavy atom. The third-order valence-electron chi connectivity index (χ3n) is 1.85. The molecule has 0 unspecified atom stereocenters. The summed E-state index contributed by atoms with van der Waals surface area (Å²) in [5, 5.41) is 2.65. The molecule has 0 radical (unpaired) electrons. The van der Waals surface area contributed by atoms with Crippen LogP contribution >= 0.6 is 0 Å². The second-order valence-electron chi connectivity index (χ2n) is 3.23. The van der Waals surface area contributed by atoms with Crippen LogP contribution < -0.4 is 5.32 Å². The van der Waals surface area contributed by atoms with Gasteiger partial charge in [-0.1, -0.05) is 6.07 Å². The van der Waals surface area contributed by atoms with Gasteiger partial charge in [0, 0.05) is 6.26 Å². The maximum Gasteiger partial charge on any atom is 0.339 e. The monoisotopic (exact) mass is 243 g/mol. The van der Waals surface area contributed by atoms with Crippen molar-refractivity contribution >= 4 is 15.8 Å². The van der Waals surface area contributed by atoms with Crippen molar-refractivity contribution in [3.05, 3.63) is 29.8 Å². The summed E-state index contributed by atoms with van der Waals surface area (Å²) >= 11 is 0. The fraction of sp³-hybridized carbons (Fsp3) is 0.300. The Hall–Kier alpha value is -1.40. The lowest BCUT2D eigenvalue weighted by atomic mass is 10.2. The number of hydrogen-bond acceptors (Lipinski definition) is 5. The molecule has 5 nitrogen and oxygen atoms in total. The first-order valence-corrected chi connectivity index (χ1v) is 6.46. The van der Waals surface area contributed by atoms with E-state index in [-0.39, 0.29) is 17.2 Å². The highest BCUT2D eigenvalue weighted by molar-refractivity contribution is 7.90. The van der Waals surface area contributed by atoms with Crippen LogP contribution in [0.15, 0.2) is 29.2 Å². The van der Waals surface area contributed by atoms with Gasteiger partial charge in [0.2, 0.25) is 0 Å². The summed E-state index contributed by atoms with van der Waals surface area (Å²) in [4.78, 5) is 11.5. The molecule has 1 aromatic rings. The molecule has 0 saturated carbocycles. The molecule has 1 aromatic carbocycles. The van der Waals surface area contributed by atoms with E-state index in [0.717, 1.165) is 6.26 Å². The Bertz CT molecular complexity index is 481. The molecule has 16 heavy (non-hydrogen) atoms. The van der Waals surface area contributed by atoms with Crippen molar-refractivity contribution in [1.82, 2.24) is 5.32 Å². The number of ether oxygens (including phenoxy) is 1. The number of nitrogens with one attached hydrogen (secondary N) is 1. The molecular weight excluding hydrogens is 230 g/mol. The summed E-state index contributed by atoms with van der Waals surface area (Å²) in [6.07, 6.45) is 1.09. The van der Waals surface area contributed by atoms with Gasteiger partial charge in [0.25, 0.3) is 0 Å². The molecule has 0 aliphatic rings. The zero-order valence-corrected chi connectivity index (χ0v) is 9.87. The molecule has 0 saturated heterocycles. The summed E-state index contributed by atoms with van der Waals surface area (Å²) in [5.74, 6) is -0.556. The van der Waals surface area contributed by atoms with E-state index in [4.69, 9.17) is 4.74 Å². The largest absolute Gasteiger partial charge is 0.446 e. The fourth-order valence-corrected chi connectivity index (χ4v) is 1.74. The van der Waals surface area contributed by atoms with Gasteiger partial charge in [-0.25, -0.2) is 13.2 Å². The molecule has 0 spiro atoms. The van der Waals surface area contributed by atoms with Crippen molar-refractivity contribution in [2.24, 2.45) is 0 Å². The Labute approximate surface area is 94.3 Å². The number of sulfone groups is 1. The van der Waals surface area contributed by atoms with Gasteiger partial charge in [-0.3, -0.25) is 5.32 Å². The van der Waals surface area contributed by atoms with E-state index in [2.05, 4.69) is 5.32 Å². The minimum atomic E-state index is -3.30. The lowest BCUT2D eigenvalue weighted by Crippen LogP contribution is -2.16. The summed E-state index contributed by atoms with van der Waals surface area (Å²) in [5.41, 5.74) is 0.221. The van der Waals surface area contributed by atoms with Crippen LogP contribution in [0.4, 0.5) is 0 Å². The van der Waals surface area contributed by atoms with E-state index in [1.165, 1.54) is 24.3 Å². The molecule has 1 rings (SSSR count). The molecule has 0 bridgehead atoms. The predicted molar refractivity (Wildman–Crippen MR) is 58.9 cm³/mol. The van der Waals surface area contributed by atoms with Crippen LogP contribution in [0.25, 0.3) is 0 Å². The Kier molecular flexibility index (Phi) is 4.03. The van der Waals surface area contributed by atoms with Gasteiger partial charge in [0.1, 0.15) is 6.73 Å². The van der Waals surface area contributed by atoms with Crippen LogP contribution in [0.5, 0.6) is 0 Å². The second-order valence-corrected chi connectivity index (χ2v) is 5.25. The van der Waals surface area contributed by atoms with Crippen molar-refractivity contribution in [2.75, 3.05) is 20.0 Å². The van der Waals surface area contributed by atoms with Gasteiger partial charge in [0.05, 0.1) is 10.5 Å². The molecule has 0 aliphatic carbocycles. The van der Waals surface area contributed by atoms with Crippen LogP contribution in [0, 0.1) is 0 Å². The predicted octanol–water partition coefficient (Wildman–Crippen LogP) is 0.424. The number of carbonyl (C=O) groups excluding carboxylic acids is 1. The van der Waals surface area contributed by atoms with Crippen molar-refractivity contribution < 1.29 is 17.9 Å². The minimum Gasteiger partial charge on any atom is -0.446 e. The van der Waals surface area contributed by atoms with E-state index < -0.39 is 15.8 Å². The zero-order valence-electron chi connectivity index (χ0n) is 9.06. The minimum absolute atomic E-state index is 0.0853. The highest BCUT2D eigenvalue weighted by Gasteiger charge is 2.12. The van der Waals surface area contributed by atoms with Crippen molar-refractivity contribution in [1.29, 1.82) is 0 Å². The normalized spacial score (nSPS) is 11.1. The van der Waals surface area contributed by atoms with Crippen LogP contribution in [0.1, 0.15) is 10.4 Å². The molecule has 0 heterocycles. The molecule has 0 aromatic heterocycles. The lowest BCUT2D eigenvalue weighted by Gasteiger charge is -2.04. The molecule has 1 N–H and O–H groups in total.